The molecule has 0 atom stereocenters. The molecule has 0 saturated heterocycles. The van der Waals surface area contributed by atoms with E-state index in [9.17, 15) is 9.59 Å². The normalized spacial score (nSPS) is 10.3. The van der Waals surface area contributed by atoms with E-state index in [4.69, 9.17) is 32.7 Å². The maximum absolute atomic E-state index is 11.9. The van der Waals surface area contributed by atoms with Crippen LogP contribution in [0.1, 0.15) is 10.4 Å². The third-order valence-electron chi connectivity index (χ3n) is 2.62. The van der Waals surface area contributed by atoms with Crippen LogP contribution in [0.15, 0.2) is 39.3 Å². The van der Waals surface area contributed by atoms with E-state index in [1.54, 1.807) is 18.2 Å². The van der Waals surface area contributed by atoms with Gasteiger partial charge in [-0.15, -0.1) is 0 Å². The molecule has 0 aliphatic heterocycles. The molecule has 0 radical (unpaired) electrons. The number of aldehydes is 1. The topological polar surface area (TPSA) is 52.6 Å². The second kappa shape index (κ2) is 8.15. The summed E-state index contributed by atoms with van der Waals surface area (Å²) in [4.78, 5) is 22.9. The van der Waals surface area contributed by atoms with Gasteiger partial charge in [0.1, 0.15) is 5.75 Å². The van der Waals surface area contributed by atoms with Crippen LogP contribution >= 0.6 is 55.1 Å². The van der Waals surface area contributed by atoms with Crippen molar-refractivity contribution in [2.45, 2.75) is 0 Å². The number of halogens is 4. The summed E-state index contributed by atoms with van der Waals surface area (Å²) < 4.78 is 12.0. The Kier molecular flexibility index (Phi) is 6.47. The summed E-state index contributed by atoms with van der Waals surface area (Å²) in [5.74, 6) is -0.273. The Hall–Kier alpha value is -1.08. The van der Waals surface area contributed by atoms with E-state index >= 15 is 0 Å². The van der Waals surface area contributed by atoms with Crippen LogP contribution in [-0.4, -0.2) is 18.9 Å². The van der Waals surface area contributed by atoms with Gasteiger partial charge < -0.3 is 9.47 Å². The first-order chi connectivity index (χ1) is 10.9. The minimum absolute atomic E-state index is 0.0467. The molecule has 0 heterocycles. The number of ether oxygens (including phenoxy) is 2. The third kappa shape index (κ3) is 4.94. The molecule has 0 spiro atoms. The third-order valence-corrected chi connectivity index (χ3v) is 4.23. The van der Waals surface area contributed by atoms with Crippen LogP contribution < -0.4 is 9.47 Å². The van der Waals surface area contributed by atoms with Crippen molar-refractivity contribution in [3.8, 4) is 11.5 Å². The minimum Gasteiger partial charge on any atom is -0.481 e. The van der Waals surface area contributed by atoms with Crippen LogP contribution in [0, 0.1) is 0 Å². The van der Waals surface area contributed by atoms with Gasteiger partial charge in [-0.25, -0.2) is 4.79 Å². The zero-order valence-electron chi connectivity index (χ0n) is 11.3. The molecule has 0 aromatic heterocycles. The van der Waals surface area contributed by atoms with E-state index in [0.717, 1.165) is 4.47 Å². The van der Waals surface area contributed by atoms with Crippen molar-refractivity contribution in [1.82, 2.24) is 0 Å². The van der Waals surface area contributed by atoms with Crippen LogP contribution in [0.25, 0.3) is 0 Å². The lowest BCUT2D eigenvalue weighted by Gasteiger charge is -2.11. The van der Waals surface area contributed by atoms with Crippen molar-refractivity contribution in [3.05, 3.63) is 54.9 Å². The van der Waals surface area contributed by atoms with E-state index in [1.165, 1.54) is 12.1 Å². The first-order valence-electron chi connectivity index (χ1n) is 6.13. The molecule has 2 aromatic carbocycles. The average Bonchev–Trinajstić information content (AvgIpc) is 2.48. The Bertz CT molecular complexity index is 765. The molecule has 0 fully saturated rings. The van der Waals surface area contributed by atoms with Crippen LogP contribution in [0.5, 0.6) is 11.5 Å². The first kappa shape index (κ1) is 18.3. The number of benzene rings is 2. The Morgan fingerprint density at radius 2 is 1.91 bits per heavy atom. The molecule has 0 N–H and O–H groups in total. The molecule has 2 aromatic rings. The van der Waals surface area contributed by atoms with E-state index in [1.807, 2.05) is 0 Å². The number of carbonyl (C=O) groups is 2. The molecular formula is C15H8Br2Cl2O4. The standard InChI is InChI=1S/C15H8Br2Cl2O4/c16-9-1-2-13(11(17)4-9)22-7-14(21)23-15-8(6-20)3-10(18)5-12(15)19/h1-6H,7H2. The summed E-state index contributed by atoms with van der Waals surface area (Å²) in [7, 11) is 0. The van der Waals surface area contributed by atoms with Gasteiger partial charge in [-0.05, 0) is 46.3 Å². The summed E-state index contributed by atoms with van der Waals surface area (Å²) in [5, 5.41) is 0.338. The second-order valence-electron chi connectivity index (χ2n) is 4.26. The molecule has 8 heteroatoms. The monoisotopic (exact) mass is 480 g/mol. The molecule has 0 saturated carbocycles. The summed E-state index contributed by atoms with van der Waals surface area (Å²) >= 11 is 18.4. The fraction of sp³-hybridized carbons (Fsp3) is 0.0667. The highest BCUT2D eigenvalue weighted by molar-refractivity contribution is 9.11. The van der Waals surface area contributed by atoms with E-state index in [2.05, 4.69) is 31.9 Å². The summed E-state index contributed by atoms with van der Waals surface area (Å²) in [6.45, 7) is -0.350. The molecule has 4 nitrogen and oxygen atoms in total. The van der Waals surface area contributed by atoms with Gasteiger partial charge in [0.05, 0.1) is 15.1 Å². The van der Waals surface area contributed by atoms with Gasteiger partial charge in [0.25, 0.3) is 0 Å². The predicted molar refractivity (Wildman–Crippen MR) is 94.8 cm³/mol. The second-order valence-corrected chi connectivity index (χ2v) is 6.87. The smallest absolute Gasteiger partial charge is 0.349 e. The molecule has 0 amide bonds. The molecule has 120 valence electrons. The van der Waals surface area contributed by atoms with Crippen molar-refractivity contribution in [1.29, 1.82) is 0 Å². The molecule has 0 bridgehead atoms. The van der Waals surface area contributed by atoms with Crippen molar-refractivity contribution in [3.63, 3.8) is 0 Å². The van der Waals surface area contributed by atoms with Crippen molar-refractivity contribution >= 4 is 67.3 Å². The van der Waals surface area contributed by atoms with Gasteiger partial charge in [0.15, 0.2) is 18.6 Å². The van der Waals surface area contributed by atoms with Gasteiger partial charge in [0.2, 0.25) is 0 Å². The van der Waals surface area contributed by atoms with Gasteiger partial charge in [-0.2, -0.15) is 0 Å². The number of carbonyl (C=O) groups excluding carboxylic acids is 2. The van der Waals surface area contributed by atoms with Crippen LogP contribution in [0.4, 0.5) is 0 Å². The number of esters is 1. The lowest BCUT2D eigenvalue weighted by Crippen LogP contribution is -2.18. The maximum atomic E-state index is 11.9. The van der Waals surface area contributed by atoms with Gasteiger partial charge in [-0.1, -0.05) is 39.1 Å². The lowest BCUT2D eigenvalue weighted by atomic mass is 10.2. The van der Waals surface area contributed by atoms with E-state index < -0.39 is 5.97 Å². The predicted octanol–water partition coefficient (Wildman–Crippen LogP) is 5.32. The largest absolute Gasteiger partial charge is 0.481 e. The maximum Gasteiger partial charge on any atom is 0.349 e. The summed E-state index contributed by atoms with van der Waals surface area (Å²) in [6.07, 6.45) is 0.506. The quantitative estimate of drug-likeness (QED) is 0.329. The number of hydrogen-bond donors (Lipinski definition) is 0. The fourth-order valence-corrected chi connectivity index (χ4v) is 3.36. The van der Waals surface area contributed by atoms with Crippen LogP contribution in [0.2, 0.25) is 10.0 Å². The van der Waals surface area contributed by atoms with Gasteiger partial charge in [0, 0.05) is 9.50 Å². The Labute approximate surface area is 158 Å². The van der Waals surface area contributed by atoms with E-state index in [0.29, 0.717) is 16.5 Å². The number of rotatable bonds is 5. The van der Waals surface area contributed by atoms with Crippen molar-refractivity contribution in [2.75, 3.05) is 6.61 Å². The van der Waals surface area contributed by atoms with Gasteiger partial charge in [-0.3, -0.25) is 4.79 Å². The van der Waals surface area contributed by atoms with Crippen LogP contribution in [-0.2, 0) is 4.79 Å². The Morgan fingerprint density at radius 1 is 1.17 bits per heavy atom. The number of hydrogen-bond acceptors (Lipinski definition) is 4. The van der Waals surface area contributed by atoms with Crippen molar-refractivity contribution < 1.29 is 19.1 Å². The molecule has 23 heavy (non-hydrogen) atoms. The lowest BCUT2D eigenvalue weighted by molar-refractivity contribution is -0.136. The highest BCUT2D eigenvalue weighted by Gasteiger charge is 2.15. The first-order valence-corrected chi connectivity index (χ1v) is 8.47. The van der Waals surface area contributed by atoms with Gasteiger partial charge >= 0.3 is 5.97 Å². The molecular weight excluding hydrogens is 475 g/mol. The zero-order valence-corrected chi connectivity index (χ0v) is 16.0. The van der Waals surface area contributed by atoms with Crippen molar-refractivity contribution in [2.24, 2.45) is 0 Å². The highest BCUT2D eigenvalue weighted by Crippen LogP contribution is 2.32. The fourth-order valence-electron chi connectivity index (χ4n) is 1.65. The summed E-state index contributed by atoms with van der Waals surface area (Å²) in [6, 6.07) is 7.97. The SMILES string of the molecule is O=Cc1cc(Cl)cc(Cl)c1OC(=O)COc1ccc(Br)cc1Br. The zero-order chi connectivity index (χ0) is 17.0. The minimum atomic E-state index is -0.702. The van der Waals surface area contributed by atoms with Crippen LogP contribution in [0.3, 0.4) is 0 Å². The Balaban J connectivity index is 2.07. The molecule has 0 aliphatic rings. The Morgan fingerprint density at radius 3 is 2.57 bits per heavy atom. The highest BCUT2D eigenvalue weighted by atomic mass is 79.9. The molecule has 0 aliphatic carbocycles. The average molecular weight is 483 g/mol. The molecule has 2 rings (SSSR count). The summed E-state index contributed by atoms with van der Waals surface area (Å²) in [5.41, 5.74) is 0.0840. The molecule has 0 unspecified atom stereocenters. The van der Waals surface area contributed by atoms with E-state index in [-0.39, 0.29) is 28.0 Å².